The van der Waals surface area contributed by atoms with Gasteiger partial charge >= 0.3 is 0 Å². The molecule has 0 fully saturated rings. The summed E-state index contributed by atoms with van der Waals surface area (Å²) in [5.41, 5.74) is 1.29. The Morgan fingerprint density at radius 1 is 1.56 bits per heavy atom. The largest absolute Gasteiger partial charge is 0.252 e. The molecule has 0 aromatic rings. The molecule has 0 amide bonds. The van der Waals surface area contributed by atoms with Crippen molar-refractivity contribution in [2.75, 3.05) is 0 Å². The number of hydrogen-bond donors (Lipinski definition) is 0. The fraction of sp³-hybridized carbons (Fsp3) is 0.667. The zero-order chi connectivity index (χ0) is 7.49. The maximum atomic E-state index is 5.87. The number of halogens is 2. The van der Waals surface area contributed by atoms with Crippen LogP contribution in [-0.2, 0) is 0 Å². The van der Waals surface area contributed by atoms with Crippen LogP contribution in [-0.4, -0.2) is 6.69 Å². The van der Waals surface area contributed by atoms with Crippen LogP contribution in [0.2, 0.25) is 12.6 Å². The molecular weight excluding hydrogens is 171 g/mol. The van der Waals surface area contributed by atoms with Crippen LogP contribution in [0.4, 0.5) is 0 Å². The van der Waals surface area contributed by atoms with Crippen LogP contribution in [0.5, 0.6) is 0 Å². The lowest BCUT2D eigenvalue weighted by molar-refractivity contribution is 1.33. The Hall–Kier alpha value is 0.537. The molecule has 54 valence electrons. The Morgan fingerprint density at radius 3 is 2.11 bits per heavy atom. The van der Waals surface area contributed by atoms with Gasteiger partial charge in [0.25, 0.3) is 6.69 Å². The maximum absolute atomic E-state index is 5.87. The molecular formula is C6H12Cl2Si. The van der Waals surface area contributed by atoms with E-state index in [4.69, 9.17) is 22.2 Å². The smallest absolute Gasteiger partial charge is 0.146 e. The van der Waals surface area contributed by atoms with Crippen molar-refractivity contribution in [1.29, 1.82) is 0 Å². The summed E-state index contributed by atoms with van der Waals surface area (Å²) in [5.74, 6) is 0. The molecule has 0 aromatic heterocycles. The third kappa shape index (κ3) is 6.42. The van der Waals surface area contributed by atoms with E-state index in [1.165, 1.54) is 5.57 Å². The highest BCUT2D eigenvalue weighted by Crippen LogP contribution is 2.23. The number of hydrogen-bond acceptors (Lipinski definition) is 0. The highest BCUT2D eigenvalue weighted by molar-refractivity contribution is 7.45. The molecule has 0 aliphatic rings. The average Bonchev–Trinajstić information content (AvgIpc) is 1.62. The van der Waals surface area contributed by atoms with Gasteiger partial charge in [0.1, 0.15) is 0 Å². The molecule has 0 aliphatic heterocycles. The Kier molecular flexibility index (Phi) is 3.86. The Morgan fingerprint density at radius 2 is 2.00 bits per heavy atom. The molecule has 0 aromatic carbocycles. The molecule has 0 heterocycles. The first-order valence-corrected chi connectivity index (χ1v) is 7.68. The molecule has 0 saturated carbocycles. The van der Waals surface area contributed by atoms with Crippen LogP contribution in [0.3, 0.4) is 0 Å². The van der Waals surface area contributed by atoms with E-state index in [1.54, 1.807) is 0 Å². The van der Waals surface area contributed by atoms with Gasteiger partial charge in [0.15, 0.2) is 0 Å². The van der Waals surface area contributed by atoms with Crippen molar-refractivity contribution < 1.29 is 0 Å². The van der Waals surface area contributed by atoms with Gasteiger partial charge in [-0.2, -0.15) is 0 Å². The zero-order valence-corrected chi connectivity index (χ0v) is 8.55. The molecule has 3 heteroatoms. The van der Waals surface area contributed by atoms with E-state index in [0.717, 1.165) is 6.04 Å². The van der Waals surface area contributed by atoms with Crippen LogP contribution in [0.15, 0.2) is 11.6 Å². The monoisotopic (exact) mass is 182 g/mol. The molecule has 0 spiro atoms. The normalized spacial score (nSPS) is 14.1. The van der Waals surface area contributed by atoms with Crippen molar-refractivity contribution in [1.82, 2.24) is 0 Å². The van der Waals surface area contributed by atoms with E-state index in [0.29, 0.717) is 0 Å². The molecule has 0 rings (SSSR count). The predicted molar refractivity (Wildman–Crippen MR) is 47.6 cm³/mol. The minimum Gasteiger partial charge on any atom is -0.146 e. The first-order chi connectivity index (χ1) is 3.95. The second-order valence-electron chi connectivity index (χ2n) is 2.38. The predicted octanol–water partition coefficient (Wildman–Crippen LogP) is 3.50. The summed E-state index contributed by atoms with van der Waals surface area (Å²) >= 11 is 11.7. The van der Waals surface area contributed by atoms with Crippen molar-refractivity contribution in [3.8, 4) is 0 Å². The van der Waals surface area contributed by atoms with Crippen LogP contribution in [0.1, 0.15) is 13.8 Å². The summed E-state index contributed by atoms with van der Waals surface area (Å²) in [6, 6.07) is 0.882. The number of allylic oxidation sites excluding steroid dienone is 2. The standard InChI is InChI=1S/C6H12Cl2Si/c1-4-6(2)5-9(3,7)8/h4H,5H2,1-3H3. The third-order valence-corrected chi connectivity index (χ3v) is 3.06. The lowest BCUT2D eigenvalue weighted by atomic mass is 10.3. The summed E-state index contributed by atoms with van der Waals surface area (Å²) < 4.78 is 0. The zero-order valence-electron chi connectivity index (χ0n) is 6.04. The minimum atomic E-state index is -1.87. The molecule has 0 bridgehead atoms. The molecule has 0 atom stereocenters. The van der Waals surface area contributed by atoms with E-state index >= 15 is 0 Å². The Bertz CT molecular complexity index is 113. The van der Waals surface area contributed by atoms with Gasteiger partial charge in [-0.3, -0.25) is 0 Å². The van der Waals surface area contributed by atoms with Crippen LogP contribution in [0, 0.1) is 0 Å². The van der Waals surface area contributed by atoms with Gasteiger partial charge in [0, 0.05) is 0 Å². The lowest BCUT2D eigenvalue weighted by Gasteiger charge is -2.08. The summed E-state index contributed by atoms with van der Waals surface area (Å²) in [5, 5.41) is 0. The summed E-state index contributed by atoms with van der Waals surface area (Å²) in [7, 11) is 0. The van der Waals surface area contributed by atoms with Crippen molar-refractivity contribution >= 4 is 28.9 Å². The quantitative estimate of drug-likeness (QED) is 0.349. The molecule has 0 nitrogen and oxygen atoms in total. The SMILES string of the molecule is CC=C(C)C[Si](C)(Cl)Cl. The number of rotatable bonds is 2. The van der Waals surface area contributed by atoms with Crippen molar-refractivity contribution in [3.63, 3.8) is 0 Å². The van der Waals surface area contributed by atoms with E-state index in [1.807, 2.05) is 13.5 Å². The molecule has 9 heavy (non-hydrogen) atoms. The van der Waals surface area contributed by atoms with Gasteiger partial charge < -0.3 is 0 Å². The molecule has 0 aliphatic carbocycles. The summed E-state index contributed by atoms with van der Waals surface area (Å²) in [6.45, 7) is 4.12. The van der Waals surface area contributed by atoms with E-state index in [9.17, 15) is 0 Å². The van der Waals surface area contributed by atoms with Crippen LogP contribution >= 0.6 is 22.2 Å². The first kappa shape index (κ1) is 9.54. The second kappa shape index (κ2) is 3.64. The van der Waals surface area contributed by atoms with Gasteiger partial charge in [0.05, 0.1) is 0 Å². The van der Waals surface area contributed by atoms with Gasteiger partial charge in [-0.15, -0.1) is 22.2 Å². The van der Waals surface area contributed by atoms with Gasteiger partial charge in [0.2, 0.25) is 0 Å². The van der Waals surface area contributed by atoms with Gasteiger partial charge in [-0.1, -0.05) is 11.6 Å². The van der Waals surface area contributed by atoms with Crippen molar-refractivity contribution in [2.24, 2.45) is 0 Å². The molecule has 0 radical (unpaired) electrons. The van der Waals surface area contributed by atoms with E-state index in [-0.39, 0.29) is 0 Å². The highest BCUT2D eigenvalue weighted by Gasteiger charge is 2.20. The summed E-state index contributed by atoms with van der Waals surface area (Å²) in [4.78, 5) is 0. The second-order valence-corrected chi connectivity index (χ2v) is 10.5. The van der Waals surface area contributed by atoms with Crippen molar-refractivity contribution in [3.05, 3.63) is 11.6 Å². The Labute approximate surface area is 67.3 Å². The summed E-state index contributed by atoms with van der Waals surface area (Å²) in [6.07, 6.45) is 2.05. The van der Waals surface area contributed by atoms with E-state index in [2.05, 4.69) is 13.0 Å². The van der Waals surface area contributed by atoms with Crippen molar-refractivity contribution in [2.45, 2.75) is 26.4 Å². The molecule has 0 saturated heterocycles. The van der Waals surface area contributed by atoms with Gasteiger partial charge in [-0.25, -0.2) is 0 Å². The fourth-order valence-electron chi connectivity index (χ4n) is 0.592. The highest BCUT2D eigenvalue weighted by atomic mass is 35.7. The fourth-order valence-corrected chi connectivity index (χ4v) is 3.04. The van der Waals surface area contributed by atoms with Crippen LogP contribution in [0.25, 0.3) is 0 Å². The van der Waals surface area contributed by atoms with E-state index < -0.39 is 6.69 Å². The maximum Gasteiger partial charge on any atom is 0.252 e. The van der Waals surface area contributed by atoms with Gasteiger partial charge in [-0.05, 0) is 26.4 Å². The molecule has 0 unspecified atom stereocenters. The molecule has 0 N–H and O–H groups in total. The first-order valence-electron chi connectivity index (χ1n) is 2.95. The Balaban J connectivity index is 3.75. The minimum absolute atomic E-state index is 0.882. The average molecular weight is 183 g/mol. The lowest BCUT2D eigenvalue weighted by Crippen LogP contribution is -2.11. The van der Waals surface area contributed by atoms with Crippen LogP contribution < -0.4 is 0 Å². The third-order valence-electron chi connectivity index (χ3n) is 1.08. The topological polar surface area (TPSA) is 0 Å².